The number of carbonyl (C=O) groups excluding carboxylic acids is 1. The van der Waals surface area contributed by atoms with E-state index in [0.717, 1.165) is 0 Å². The van der Waals surface area contributed by atoms with Crippen molar-refractivity contribution in [2.24, 2.45) is 0 Å². The van der Waals surface area contributed by atoms with Gasteiger partial charge >= 0.3 is 21.6 Å². The van der Waals surface area contributed by atoms with Crippen molar-refractivity contribution < 1.29 is 44.8 Å². The quantitative estimate of drug-likeness (QED) is 0.281. The molecule has 2 rings (SSSR count). The number of carbonyl (C=O) groups is 1. The zero-order valence-corrected chi connectivity index (χ0v) is 14.7. The van der Waals surface area contributed by atoms with Gasteiger partial charge in [0.2, 0.25) is 0 Å². The summed E-state index contributed by atoms with van der Waals surface area (Å²) >= 11 is 0. The second-order valence-corrected chi connectivity index (χ2v) is 7.02. The molecule has 27 heavy (non-hydrogen) atoms. The van der Waals surface area contributed by atoms with Crippen molar-refractivity contribution in [1.82, 2.24) is 0 Å². The molecule has 0 aromatic heterocycles. The van der Waals surface area contributed by atoms with Crippen molar-refractivity contribution in [2.75, 3.05) is 19.8 Å². The molecule has 0 unspecified atom stereocenters. The van der Waals surface area contributed by atoms with Crippen molar-refractivity contribution in [3.8, 4) is 0 Å². The number of hydrogen-bond acceptors (Lipinski definition) is 7. The lowest BCUT2D eigenvalue weighted by molar-refractivity contribution is -0.0677. The fraction of sp³-hybridized carbons (Fsp3) is 0.438. The molecule has 1 aromatic carbocycles. The van der Waals surface area contributed by atoms with Gasteiger partial charge in [-0.1, -0.05) is 24.3 Å². The van der Waals surface area contributed by atoms with Crippen LogP contribution in [0.4, 0.5) is 13.2 Å². The summed E-state index contributed by atoms with van der Waals surface area (Å²) in [6.45, 7) is 2.47. The molecular weight excluding hydrogens is 393 g/mol. The molecule has 0 saturated carbocycles. The largest absolute Gasteiger partial charge is 0.523 e. The summed E-state index contributed by atoms with van der Waals surface area (Å²) in [4.78, 5) is 12.0. The molecule has 1 aliphatic heterocycles. The Labute approximate surface area is 153 Å². The van der Waals surface area contributed by atoms with Gasteiger partial charge in [0, 0.05) is 0 Å². The van der Waals surface area contributed by atoms with E-state index in [1.165, 1.54) is 18.2 Å². The van der Waals surface area contributed by atoms with Crippen LogP contribution in [0.5, 0.6) is 0 Å². The van der Waals surface area contributed by atoms with E-state index in [1.807, 2.05) is 0 Å². The van der Waals surface area contributed by atoms with E-state index >= 15 is 0 Å². The molecule has 0 spiro atoms. The van der Waals surface area contributed by atoms with Crippen molar-refractivity contribution >= 4 is 16.1 Å². The number of rotatable bonds is 8. The molecule has 1 aromatic rings. The van der Waals surface area contributed by atoms with Gasteiger partial charge < -0.3 is 14.2 Å². The molecule has 1 heterocycles. The normalized spacial score (nSPS) is 23.1. The summed E-state index contributed by atoms with van der Waals surface area (Å²) in [6.07, 6.45) is -2.44. The Morgan fingerprint density at radius 1 is 1.30 bits per heavy atom. The number of hydrogen-bond donors (Lipinski definition) is 0. The van der Waals surface area contributed by atoms with E-state index < -0.39 is 46.5 Å². The van der Waals surface area contributed by atoms with Crippen molar-refractivity contribution in [3.05, 3.63) is 48.6 Å². The van der Waals surface area contributed by atoms with E-state index in [4.69, 9.17) is 14.2 Å². The number of halogens is 3. The highest BCUT2D eigenvalue weighted by atomic mass is 32.2. The first kappa shape index (κ1) is 21.4. The highest BCUT2D eigenvalue weighted by Crippen LogP contribution is 2.30. The van der Waals surface area contributed by atoms with Gasteiger partial charge in [-0.25, -0.2) is 4.79 Å². The highest BCUT2D eigenvalue weighted by Gasteiger charge is 2.52. The van der Waals surface area contributed by atoms with Gasteiger partial charge in [-0.05, 0) is 12.1 Å². The lowest BCUT2D eigenvalue weighted by atomic mass is 10.1. The minimum Gasteiger partial charge on any atom is -0.459 e. The Hall–Kier alpha value is -1.95. The van der Waals surface area contributed by atoms with Crippen LogP contribution >= 0.6 is 0 Å². The van der Waals surface area contributed by atoms with Crippen LogP contribution in [0.3, 0.4) is 0 Å². The first-order valence-electron chi connectivity index (χ1n) is 7.71. The molecule has 11 heteroatoms. The minimum absolute atomic E-state index is 0.0942. The van der Waals surface area contributed by atoms with Crippen molar-refractivity contribution in [3.63, 3.8) is 0 Å². The van der Waals surface area contributed by atoms with Crippen molar-refractivity contribution in [1.29, 1.82) is 0 Å². The van der Waals surface area contributed by atoms with Gasteiger partial charge in [0.25, 0.3) is 0 Å². The Bertz CT molecular complexity index is 749. The first-order valence-corrected chi connectivity index (χ1v) is 9.12. The molecule has 0 N–H and O–H groups in total. The van der Waals surface area contributed by atoms with Crippen LogP contribution in [0.2, 0.25) is 0 Å². The predicted molar refractivity (Wildman–Crippen MR) is 86.2 cm³/mol. The second-order valence-electron chi connectivity index (χ2n) is 5.46. The summed E-state index contributed by atoms with van der Waals surface area (Å²) in [7, 11) is -5.83. The standard InChI is InChI=1S/C16H17F3O7S/c1-2-8-23-14-12(9-25-15(20)11-6-4-3-5-7-11)24-10-13(14)26-27(21,22)16(17,18)19/h2-7,12-14H,1,8-10H2/t12-,13+,14-/m1/s1. The average molecular weight is 410 g/mol. The smallest absolute Gasteiger partial charge is 0.459 e. The van der Waals surface area contributed by atoms with Crippen LogP contribution < -0.4 is 0 Å². The van der Waals surface area contributed by atoms with E-state index in [2.05, 4.69) is 10.8 Å². The van der Waals surface area contributed by atoms with Gasteiger partial charge in [-0.2, -0.15) is 21.6 Å². The molecule has 0 aliphatic carbocycles. The topological polar surface area (TPSA) is 88.1 Å². The summed E-state index contributed by atoms with van der Waals surface area (Å²) in [5, 5.41) is 0. The summed E-state index contributed by atoms with van der Waals surface area (Å²) in [5.41, 5.74) is -5.31. The first-order chi connectivity index (χ1) is 12.7. The Morgan fingerprint density at radius 2 is 1.96 bits per heavy atom. The summed E-state index contributed by atoms with van der Waals surface area (Å²) < 4.78 is 79.8. The zero-order chi connectivity index (χ0) is 20.1. The second kappa shape index (κ2) is 8.83. The third-order valence-corrected chi connectivity index (χ3v) is 4.60. The summed E-state index contributed by atoms with van der Waals surface area (Å²) in [5.74, 6) is -0.672. The molecule has 0 bridgehead atoms. The van der Waals surface area contributed by atoms with Crippen LogP contribution in [0.15, 0.2) is 43.0 Å². The third kappa shape index (κ3) is 5.51. The van der Waals surface area contributed by atoms with E-state index in [9.17, 15) is 26.4 Å². The summed E-state index contributed by atoms with van der Waals surface area (Å²) in [6, 6.07) is 8.00. The number of esters is 1. The maximum absolute atomic E-state index is 12.5. The molecule has 7 nitrogen and oxygen atoms in total. The molecule has 1 aliphatic rings. The fourth-order valence-electron chi connectivity index (χ4n) is 2.30. The van der Waals surface area contributed by atoms with E-state index in [1.54, 1.807) is 18.2 Å². The SMILES string of the molecule is C=CCO[C@H]1[C@@H](OS(=O)(=O)C(F)(F)F)CO[C@@H]1COC(=O)c1ccccc1. The van der Waals surface area contributed by atoms with Gasteiger partial charge in [0.15, 0.2) is 0 Å². The van der Waals surface area contributed by atoms with Crippen LogP contribution in [-0.2, 0) is 28.5 Å². The van der Waals surface area contributed by atoms with E-state index in [0.29, 0.717) is 0 Å². The van der Waals surface area contributed by atoms with Gasteiger partial charge in [-0.15, -0.1) is 6.58 Å². The Kier molecular flexibility index (Phi) is 6.98. The number of benzene rings is 1. The van der Waals surface area contributed by atoms with Crippen LogP contribution in [0.25, 0.3) is 0 Å². The van der Waals surface area contributed by atoms with Gasteiger partial charge in [-0.3, -0.25) is 4.18 Å². The fourth-order valence-corrected chi connectivity index (χ4v) is 2.90. The maximum atomic E-state index is 12.5. The minimum atomic E-state index is -5.83. The Morgan fingerprint density at radius 3 is 2.56 bits per heavy atom. The van der Waals surface area contributed by atoms with Gasteiger partial charge in [0.05, 0.1) is 18.8 Å². The van der Waals surface area contributed by atoms with Crippen molar-refractivity contribution in [2.45, 2.75) is 23.8 Å². The van der Waals surface area contributed by atoms with Crippen LogP contribution in [-0.4, -0.2) is 58.0 Å². The lowest BCUT2D eigenvalue weighted by Gasteiger charge is -2.22. The number of ether oxygens (including phenoxy) is 3. The van der Waals surface area contributed by atoms with Gasteiger partial charge in [0.1, 0.15) is 24.9 Å². The van der Waals surface area contributed by atoms with E-state index in [-0.39, 0.29) is 18.8 Å². The molecular formula is C16H17F3O7S. The number of alkyl halides is 3. The van der Waals surface area contributed by atoms with Crippen LogP contribution in [0, 0.1) is 0 Å². The molecule has 150 valence electrons. The lowest BCUT2D eigenvalue weighted by Crippen LogP contribution is -2.41. The predicted octanol–water partition coefficient (Wildman–Crippen LogP) is 2.05. The zero-order valence-electron chi connectivity index (χ0n) is 13.9. The monoisotopic (exact) mass is 410 g/mol. The molecule has 1 saturated heterocycles. The highest BCUT2D eigenvalue weighted by molar-refractivity contribution is 7.87. The molecule has 1 fully saturated rings. The maximum Gasteiger partial charge on any atom is 0.523 e. The molecule has 3 atom stereocenters. The Balaban J connectivity index is 2.03. The average Bonchev–Trinajstić information content (AvgIpc) is 2.98. The molecule has 0 amide bonds. The van der Waals surface area contributed by atoms with Crippen LogP contribution in [0.1, 0.15) is 10.4 Å². The molecule has 0 radical (unpaired) electrons. The third-order valence-electron chi connectivity index (χ3n) is 3.54.